The van der Waals surface area contributed by atoms with Gasteiger partial charge in [-0.3, -0.25) is 20.4 Å². The van der Waals surface area contributed by atoms with E-state index in [0.29, 0.717) is 18.9 Å². The molecule has 0 aromatic rings. The van der Waals surface area contributed by atoms with E-state index in [9.17, 15) is 14.7 Å². The maximum absolute atomic E-state index is 10.6. The van der Waals surface area contributed by atoms with Crippen LogP contribution in [0.2, 0.25) is 0 Å². The van der Waals surface area contributed by atoms with Gasteiger partial charge >= 0.3 is 5.96 Å². The molecule has 0 rings (SSSR count). The molecular weight excluding hydrogens is 186 g/mol. The van der Waals surface area contributed by atoms with E-state index in [2.05, 4.69) is 5.32 Å². The number of carbonyl (C=O) groups excluding carboxylic acids is 2. The van der Waals surface area contributed by atoms with Gasteiger partial charge in [0.05, 0.1) is 20.6 Å². The summed E-state index contributed by atoms with van der Waals surface area (Å²) in [6.45, 7) is 0.461. The predicted molar refractivity (Wildman–Crippen MR) is 48.6 cm³/mol. The first-order valence-electron chi connectivity index (χ1n) is 4.23. The molecule has 0 heterocycles. The molecule has 0 amide bonds. The van der Waals surface area contributed by atoms with E-state index in [1.807, 2.05) is 0 Å². The van der Waals surface area contributed by atoms with Crippen LogP contribution in [0.15, 0.2) is 0 Å². The van der Waals surface area contributed by atoms with Crippen molar-refractivity contribution in [1.29, 1.82) is 0 Å². The molecule has 0 aromatic heterocycles. The highest BCUT2D eigenvalue weighted by Crippen LogP contribution is 1.87. The number of nitrogens with two attached hydrogens (primary N) is 1. The molecule has 0 aromatic carbocycles. The van der Waals surface area contributed by atoms with Crippen molar-refractivity contribution in [2.75, 3.05) is 20.6 Å². The highest BCUT2D eigenvalue weighted by Gasteiger charge is 2.04. The Morgan fingerprint density at radius 2 is 2.00 bits per heavy atom. The van der Waals surface area contributed by atoms with Crippen LogP contribution in [0.4, 0.5) is 0 Å². The number of guanidine groups is 1. The number of aliphatic carboxylic acids is 1. The van der Waals surface area contributed by atoms with Crippen LogP contribution >= 0.6 is 0 Å². The zero-order valence-corrected chi connectivity index (χ0v) is 8.37. The minimum absolute atomic E-state index is 0.0317. The van der Waals surface area contributed by atoms with Gasteiger partial charge in [-0.2, -0.15) is 0 Å². The van der Waals surface area contributed by atoms with Gasteiger partial charge in [-0.1, -0.05) is 0 Å². The van der Waals surface area contributed by atoms with Gasteiger partial charge in [0.15, 0.2) is 5.78 Å². The van der Waals surface area contributed by atoms with Crippen molar-refractivity contribution in [2.24, 2.45) is 5.73 Å². The third-order valence-electron chi connectivity index (χ3n) is 1.60. The van der Waals surface area contributed by atoms with Crippen LogP contribution in [0, 0.1) is 0 Å². The third kappa shape index (κ3) is 5.13. The fourth-order valence-electron chi connectivity index (χ4n) is 0.726. The lowest BCUT2D eigenvalue weighted by molar-refractivity contribution is -0.467. The van der Waals surface area contributed by atoms with Crippen molar-refractivity contribution < 1.29 is 19.3 Å². The van der Waals surface area contributed by atoms with Crippen LogP contribution in [-0.2, 0) is 9.59 Å². The number of ketones is 1. The number of rotatable bonds is 5. The van der Waals surface area contributed by atoms with Crippen LogP contribution in [0.1, 0.15) is 12.8 Å². The molecule has 0 saturated heterocycles. The SMILES string of the molecule is C[N+](C)=C(N)NCCCC(=O)C(=O)[O-]. The van der Waals surface area contributed by atoms with Crippen LogP contribution in [0.5, 0.6) is 0 Å². The predicted octanol–water partition coefficient (Wildman–Crippen LogP) is -2.74. The number of hydrogen-bond donors (Lipinski definition) is 2. The summed E-state index contributed by atoms with van der Waals surface area (Å²) in [4.78, 5) is 20.6. The summed E-state index contributed by atoms with van der Waals surface area (Å²) < 4.78 is 1.68. The standard InChI is InChI=1S/C8H15N3O3/c1-11(2)8(9)10-5-3-4-6(12)7(13)14/h3-5H2,1-2H3,(H3,9,10,13,14). The number of nitrogens with zero attached hydrogens (tertiary/aromatic N) is 1. The second-order valence-corrected chi connectivity index (χ2v) is 3.02. The normalized spacial score (nSPS) is 9.29. The van der Waals surface area contributed by atoms with Crippen molar-refractivity contribution in [3.05, 3.63) is 0 Å². The molecule has 6 nitrogen and oxygen atoms in total. The lowest BCUT2D eigenvalue weighted by Gasteiger charge is -2.02. The number of hydrogen-bond acceptors (Lipinski definition) is 3. The fraction of sp³-hybridized carbons (Fsp3) is 0.625. The maximum atomic E-state index is 10.6. The van der Waals surface area contributed by atoms with Crippen LogP contribution in [0.25, 0.3) is 0 Å². The average Bonchev–Trinajstić information content (AvgIpc) is 2.11. The Hall–Kier alpha value is -1.59. The van der Waals surface area contributed by atoms with E-state index in [1.165, 1.54) is 0 Å². The van der Waals surface area contributed by atoms with Gasteiger partial charge in [-0.15, -0.1) is 0 Å². The number of Topliss-reactive ketones (excluding diaryl/α,β-unsaturated/α-hetero) is 1. The van der Waals surface area contributed by atoms with Gasteiger partial charge in [-0.05, 0) is 6.42 Å². The van der Waals surface area contributed by atoms with Gasteiger partial charge < -0.3 is 9.90 Å². The summed E-state index contributed by atoms with van der Waals surface area (Å²) in [5.41, 5.74) is 5.51. The minimum atomic E-state index is -1.63. The summed E-state index contributed by atoms with van der Waals surface area (Å²) in [6, 6.07) is 0. The van der Waals surface area contributed by atoms with Gasteiger partial charge in [0.2, 0.25) is 0 Å². The van der Waals surface area contributed by atoms with Crippen LogP contribution in [0.3, 0.4) is 0 Å². The Labute approximate surface area is 82.4 Å². The summed E-state index contributed by atoms with van der Waals surface area (Å²) in [6.07, 6.45) is 0.386. The third-order valence-corrected chi connectivity index (χ3v) is 1.60. The molecule has 0 radical (unpaired) electrons. The minimum Gasteiger partial charge on any atom is -0.542 e. The number of carboxylic acid groups (broad SMARTS) is 1. The average molecular weight is 201 g/mol. The maximum Gasteiger partial charge on any atom is 0.342 e. The quantitative estimate of drug-likeness (QED) is 0.165. The summed E-state index contributed by atoms with van der Waals surface area (Å²) in [5.74, 6) is -2.03. The van der Waals surface area contributed by atoms with E-state index in [4.69, 9.17) is 5.73 Å². The largest absolute Gasteiger partial charge is 0.542 e. The Morgan fingerprint density at radius 3 is 2.43 bits per heavy atom. The molecule has 0 aliphatic carbocycles. The molecule has 0 spiro atoms. The summed E-state index contributed by atoms with van der Waals surface area (Å²) >= 11 is 0. The highest BCUT2D eigenvalue weighted by molar-refractivity contribution is 6.31. The van der Waals surface area contributed by atoms with Gasteiger partial charge in [0, 0.05) is 6.42 Å². The first kappa shape index (κ1) is 12.4. The summed E-state index contributed by atoms with van der Waals surface area (Å²) in [7, 11) is 3.54. The van der Waals surface area contributed by atoms with Crippen molar-refractivity contribution in [3.63, 3.8) is 0 Å². The molecule has 0 saturated carbocycles. The Kier molecular flexibility index (Phi) is 5.28. The molecule has 0 aliphatic heterocycles. The van der Waals surface area contributed by atoms with E-state index >= 15 is 0 Å². The van der Waals surface area contributed by atoms with Crippen molar-refractivity contribution in [2.45, 2.75) is 12.8 Å². The Balaban J connectivity index is 3.63. The Morgan fingerprint density at radius 1 is 1.43 bits per heavy atom. The van der Waals surface area contributed by atoms with Gasteiger partial charge in [-0.25, -0.2) is 0 Å². The lowest BCUT2D eigenvalue weighted by Crippen LogP contribution is -2.39. The zero-order chi connectivity index (χ0) is 11.1. The molecule has 0 bridgehead atoms. The molecule has 3 N–H and O–H groups in total. The number of carbonyl (C=O) groups is 2. The molecule has 0 aliphatic rings. The molecular formula is C8H15N3O3. The van der Waals surface area contributed by atoms with Crippen molar-refractivity contribution >= 4 is 17.7 Å². The number of carboxylic acids is 1. The fourth-order valence-corrected chi connectivity index (χ4v) is 0.726. The second-order valence-electron chi connectivity index (χ2n) is 3.02. The molecule has 14 heavy (non-hydrogen) atoms. The molecule has 80 valence electrons. The Bertz CT molecular complexity index is 257. The molecule has 0 atom stereocenters. The first-order valence-corrected chi connectivity index (χ1v) is 4.23. The topological polar surface area (TPSA) is 98.3 Å². The summed E-state index contributed by atoms with van der Waals surface area (Å²) in [5, 5.41) is 12.8. The van der Waals surface area contributed by atoms with Gasteiger partial charge in [0.1, 0.15) is 5.97 Å². The van der Waals surface area contributed by atoms with Gasteiger partial charge in [0.25, 0.3) is 0 Å². The van der Waals surface area contributed by atoms with E-state index in [1.54, 1.807) is 18.7 Å². The number of nitrogens with one attached hydrogen (secondary N) is 1. The lowest BCUT2D eigenvalue weighted by atomic mass is 10.2. The van der Waals surface area contributed by atoms with Crippen LogP contribution < -0.4 is 16.2 Å². The first-order chi connectivity index (χ1) is 6.45. The monoisotopic (exact) mass is 201 g/mol. The molecule has 0 fully saturated rings. The van der Waals surface area contributed by atoms with E-state index < -0.39 is 11.8 Å². The smallest absolute Gasteiger partial charge is 0.342 e. The van der Waals surface area contributed by atoms with Crippen molar-refractivity contribution in [3.8, 4) is 0 Å². The molecule has 6 heteroatoms. The zero-order valence-electron chi connectivity index (χ0n) is 8.37. The van der Waals surface area contributed by atoms with Crippen LogP contribution in [-0.4, -0.2) is 42.9 Å². The second kappa shape index (κ2) is 5.95. The molecule has 0 unspecified atom stereocenters. The van der Waals surface area contributed by atoms with E-state index in [0.717, 1.165) is 0 Å². The van der Waals surface area contributed by atoms with E-state index in [-0.39, 0.29) is 6.42 Å². The highest BCUT2D eigenvalue weighted by atomic mass is 16.4. The van der Waals surface area contributed by atoms with Crippen molar-refractivity contribution in [1.82, 2.24) is 5.32 Å².